The van der Waals surface area contributed by atoms with Crippen molar-refractivity contribution >= 4 is 10.0 Å². The predicted octanol–water partition coefficient (Wildman–Crippen LogP) is 1.42. The van der Waals surface area contributed by atoms with Crippen molar-refractivity contribution in [3.05, 3.63) is 0 Å². The van der Waals surface area contributed by atoms with Gasteiger partial charge in [0.1, 0.15) is 0 Å². The molecule has 0 aromatic carbocycles. The Labute approximate surface area is 100 Å². The lowest BCUT2D eigenvalue weighted by molar-refractivity contribution is 0.240. The van der Waals surface area contributed by atoms with Crippen molar-refractivity contribution in [1.29, 1.82) is 0 Å². The largest absolute Gasteiger partial charge is 0.329 e. The van der Waals surface area contributed by atoms with Gasteiger partial charge in [0.05, 0.1) is 5.75 Å². The van der Waals surface area contributed by atoms with Crippen molar-refractivity contribution in [2.75, 3.05) is 19.3 Å². The fraction of sp³-hybridized carbons (Fsp3) is 1.00. The topological polar surface area (TPSA) is 63.4 Å². The second kappa shape index (κ2) is 5.98. The Hall–Kier alpha value is -0.130. The average Bonchev–Trinajstić information content (AvgIpc) is 2.24. The van der Waals surface area contributed by atoms with Crippen LogP contribution < -0.4 is 5.73 Å². The molecule has 0 spiro atoms. The summed E-state index contributed by atoms with van der Waals surface area (Å²) in [5.74, 6) is 0.602. The van der Waals surface area contributed by atoms with Crippen LogP contribution in [0.2, 0.25) is 0 Å². The van der Waals surface area contributed by atoms with Gasteiger partial charge in [0, 0.05) is 19.1 Å². The smallest absolute Gasteiger partial charge is 0.214 e. The summed E-state index contributed by atoms with van der Waals surface area (Å²) in [5, 5.41) is 0. The summed E-state index contributed by atoms with van der Waals surface area (Å²) in [7, 11) is -1.55. The molecule has 5 heteroatoms. The Morgan fingerprint density at radius 2 is 1.88 bits per heavy atom. The number of nitrogens with zero attached hydrogens (tertiary/aromatic N) is 1. The summed E-state index contributed by atoms with van der Waals surface area (Å²) >= 11 is 0. The zero-order valence-corrected chi connectivity index (χ0v) is 12.0. The molecule has 98 valence electrons. The van der Waals surface area contributed by atoms with E-state index in [2.05, 4.69) is 0 Å². The third-order valence-electron chi connectivity index (χ3n) is 3.33. The fourth-order valence-corrected chi connectivity index (χ4v) is 3.27. The lowest BCUT2D eigenvalue weighted by Crippen LogP contribution is -2.52. The third kappa shape index (κ3) is 4.03. The Kier molecular flexibility index (Phi) is 5.93. The molecule has 2 N–H and O–H groups in total. The van der Waals surface area contributed by atoms with Crippen LogP contribution in [0.1, 0.15) is 40.5 Å². The molecule has 0 saturated heterocycles. The zero-order valence-electron chi connectivity index (χ0n) is 11.2. The minimum atomic E-state index is -3.18. The third-order valence-corrected chi connectivity index (χ3v) is 5.36. The molecule has 0 aliphatic carbocycles. The highest BCUT2D eigenvalue weighted by Crippen LogP contribution is 2.21. The molecule has 0 aromatic rings. The molecule has 0 fully saturated rings. The standard InChI is InChI=1S/C11H26N2O2S/c1-6-11(4,9-12)13(5)16(14,15)8-7-10(2)3/h10H,6-9,12H2,1-5H3. The Morgan fingerprint density at radius 1 is 1.38 bits per heavy atom. The van der Waals surface area contributed by atoms with Gasteiger partial charge in [-0.3, -0.25) is 0 Å². The van der Waals surface area contributed by atoms with E-state index in [0.29, 0.717) is 18.9 Å². The number of rotatable bonds is 7. The molecule has 0 aromatic heterocycles. The van der Waals surface area contributed by atoms with Crippen LogP contribution in [-0.2, 0) is 10.0 Å². The monoisotopic (exact) mass is 250 g/mol. The molecule has 0 aliphatic heterocycles. The normalized spacial score (nSPS) is 16.8. The van der Waals surface area contributed by atoms with Crippen LogP contribution in [0.4, 0.5) is 0 Å². The van der Waals surface area contributed by atoms with E-state index in [0.717, 1.165) is 6.42 Å². The van der Waals surface area contributed by atoms with Crippen LogP contribution in [-0.4, -0.2) is 37.6 Å². The second-order valence-corrected chi connectivity index (χ2v) is 7.14. The number of sulfonamides is 1. The summed E-state index contributed by atoms with van der Waals surface area (Å²) in [4.78, 5) is 0. The molecule has 1 unspecified atom stereocenters. The van der Waals surface area contributed by atoms with E-state index in [9.17, 15) is 8.42 Å². The molecule has 0 rings (SSSR count). The van der Waals surface area contributed by atoms with Crippen molar-refractivity contribution in [2.24, 2.45) is 11.7 Å². The quantitative estimate of drug-likeness (QED) is 0.743. The van der Waals surface area contributed by atoms with Gasteiger partial charge in [-0.15, -0.1) is 0 Å². The minimum Gasteiger partial charge on any atom is -0.329 e. The van der Waals surface area contributed by atoms with E-state index in [-0.39, 0.29) is 5.75 Å². The van der Waals surface area contributed by atoms with E-state index in [1.165, 1.54) is 4.31 Å². The molecule has 0 heterocycles. The van der Waals surface area contributed by atoms with Gasteiger partial charge >= 0.3 is 0 Å². The molecule has 0 aliphatic rings. The maximum Gasteiger partial charge on any atom is 0.214 e. The molecule has 0 amide bonds. The van der Waals surface area contributed by atoms with Gasteiger partial charge in [0.15, 0.2) is 0 Å². The minimum absolute atomic E-state index is 0.205. The van der Waals surface area contributed by atoms with Crippen LogP contribution in [0.25, 0.3) is 0 Å². The van der Waals surface area contributed by atoms with E-state index >= 15 is 0 Å². The number of nitrogens with two attached hydrogens (primary N) is 1. The van der Waals surface area contributed by atoms with E-state index < -0.39 is 15.6 Å². The number of hydrogen-bond donors (Lipinski definition) is 1. The van der Waals surface area contributed by atoms with Crippen molar-refractivity contribution in [3.63, 3.8) is 0 Å². The number of hydrogen-bond acceptors (Lipinski definition) is 3. The first kappa shape index (κ1) is 15.9. The first-order valence-corrected chi connectivity index (χ1v) is 7.47. The van der Waals surface area contributed by atoms with Gasteiger partial charge in [-0.1, -0.05) is 20.8 Å². The summed E-state index contributed by atoms with van der Waals surface area (Å²) in [5.41, 5.74) is 5.20. The predicted molar refractivity (Wildman–Crippen MR) is 68.8 cm³/mol. The van der Waals surface area contributed by atoms with Gasteiger partial charge in [-0.25, -0.2) is 8.42 Å². The fourth-order valence-electron chi connectivity index (χ4n) is 1.35. The summed E-state index contributed by atoms with van der Waals surface area (Å²) in [6.45, 7) is 8.25. The van der Waals surface area contributed by atoms with Crippen molar-refractivity contribution in [2.45, 2.75) is 46.1 Å². The molecular formula is C11H26N2O2S. The van der Waals surface area contributed by atoms with Crippen molar-refractivity contribution < 1.29 is 8.42 Å². The maximum absolute atomic E-state index is 12.1. The maximum atomic E-state index is 12.1. The lowest BCUT2D eigenvalue weighted by atomic mass is 10.00. The summed E-state index contributed by atoms with van der Waals surface area (Å²) in [6.07, 6.45) is 1.41. The average molecular weight is 250 g/mol. The van der Waals surface area contributed by atoms with Crippen LogP contribution in [0.5, 0.6) is 0 Å². The number of likely N-dealkylation sites (N-methyl/N-ethyl adjacent to an activating group) is 1. The van der Waals surface area contributed by atoms with Gasteiger partial charge in [0.2, 0.25) is 10.0 Å². The SMILES string of the molecule is CCC(C)(CN)N(C)S(=O)(=O)CCC(C)C. The molecule has 16 heavy (non-hydrogen) atoms. The molecule has 4 nitrogen and oxygen atoms in total. The first-order valence-electron chi connectivity index (χ1n) is 5.86. The lowest BCUT2D eigenvalue weighted by Gasteiger charge is -2.36. The van der Waals surface area contributed by atoms with Crippen LogP contribution in [0.3, 0.4) is 0 Å². The summed E-state index contributed by atoms with van der Waals surface area (Å²) < 4.78 is 25.6. The molecule has 0 radical (unpaired) electrons. The Balaban J connectivity index is 4.75. The highest BCUT2D eigenvalue weighted by Gasteiger charge is 2.33. The van der Waals surface area contributed by atoms with E-state index in [1.807, 2.05) is 27.7 Å². The van der Waals surface area contributed by atoms with E-state index in [4.69, 9.17) is 5.73 Å². The van der Waals surface area contributed by atoms with Crippen molar-refractivity contribution in [3.8, 4) is 0 Å². The highest BCUT2D eigenvalue weighted by molar-refractivity contribution is 7.89. The summed E-state index contributed by atoms with van der Waals surface area (Å²) in [6, 6.07) is 0. The van der Waals surface area contributed by atoms with Gasteiger partial charge in [-0.05, 0) is 25.7 Å². The molecule has 0 bridgehead atoms. The molecule has 1 atom stereocenters. The van der Waals surface area contributed by atoms with Crippen LogP contribution in [0.15, 0.2) is 0 Å². The second-order valence-electron chi connectivity index (χ2n) is 5.02. The van der Waals surface area contributed by atoms with Crippen LogP contribution in [0, 0.1) is 5.92 Å². The van der Waals surface area contributed by atoms with Gasteiger partial charge in [-0.2, -0.15) is 4.31 Å². The highest BCUT2D eigenvalue weighted by atomic mass is 32.2. The van der Waals surface area contributed by atoms with Crippen LogP contribution >= 0.6 is 0 Å². The van der Waals surface area contributed by atoms with Crippen molar-refractivity contribution in [1.82, 2.24) is 4.31 Å². The zero-order chi connectivity index (χ0) is 13.0. The first-order chi connectivity index (χ1) is 7.19. The van der Waals surface area contributed by atoms with Gasteiger partial charge in [0.25, 0.3) is 0 Å². The molecular weight excluding hydrogens is 224 g/mol. The Morgan fingerprint density at radius 3 is 2.19 bits per heavy atom. The van der Waals surface area contributed by atoms with E-state index in [1.54, 1.807) is 7.05 Å². The molecule has 0 saturated carbocycles. The Bertz CT molecular complexity index is 295. The van der Waals surface area contributed by atoms with Gasteiger partial charge < -0.3 is 5.73 Å².